The third-order valence-electron chi connectivity index (χ3n) is 4.60. The Balaban J connectivity index is 1.67. The van der Waals surface area contributed by atoms with Crippen LogP contribution >= 0.6 is 0 Å². The van der Waals surface area contributed by atoms with E-state index in [-0.39, 0.29) is 23.2 Å². The van der Waals surface area contributed by atoms with Crippen LogP contribution in [0.3, 0.4) is 0 Å². The number of nitrogens with one attached hydrogen (secondary N) is 1. The van der Waals surface area contributed by atoms with Crippen LogP contribution in [0.15, 0.2) is 49.1 Å². The number of aryl methyl sites for hydroxylation is 2. The van der Waals surface area contributed by atoms with Crippen molar-refractivity contribution >= 4 is 29.4 Å². The molecule has 1 aliphatic rings. The minimum atomic E-state index is -0.758. The van der Waals surface area contributed by atoms with E-state index in [1.54, 1.807) is 0 Å². The van der Waals surface area contributed by atoms with Crippen molar-refractivity contribution in [2.45, 2.75) is 13.8 Å². The molecule has 3 amide bonds. The molecule has 0 bridgehead atoms. The second kappa shape index (κ2) is 8.10. The largest absolute Gasteiger partial charge is 0.452 e. The Morgan fingerprint density at radius 1 is 1.07 bits per heavy atom. The fourth-order valence-corrected chi connectivity index (χ4v) is 3.11. The molecule has 0 fully saturated rings. The Morgan fingerprint density at radius 2 is 1.72 bits per heavy atom. The number of carbonyl (C=O) groups is 4. The van der Waals surface area contributed by atoms with Crippen LogP contribution in [0.2, 0.25) is 0 Å². The number of ether oxygens (including phenoxy) is 1. The molecule has 3 rings (SSSR count). The maximum absolute atomic E-state index is 12.3. The summed E-state index contributed by atoms with van der Waals surface area (Å²) in [4.78, 5) is 50.1. The summed E-state index contributed by atoms with van der Waals surface area (Å²) in [6.07, 6.45) is 1.45. The molecular formula is C22H20N2O5. The molecule has 1 aliphatic heterocycles. The van der Waals surface area contributed by atoms with Crippen molar-refractivity contribution in [3.63, 3.8) is 0 Å². The smallest absolute Gasteiger partial charge is 0.338 e. The number of fused-ring (bicyclic) bond motifs is 1. The maximum atomic E-state index is 12.3. The van der Waals surface area contributed by atoms with Gasteiger partial charge in [0.15, 0.2) is 6.61 Å². The van der Waals surface area contributed by atoms with Gasteiger partial charge in [0.2, 0.25) is 0 Å². The van der Waals surface area contributed by atoms with Crippen molar-refractivity contribution in [1.82, 2.24) is 4.90 Å². The van der Waals surface area contributed by atoms with E-state index >= 15 is 0 Å². The van der Waals surface area contributed by atoms with Crippen molar-refractivity contribution in [2.24, 2.45) is 0 Å². The average Bonchev–Trinajstić information content (AvgIpc) is 2.94. The second-order valence-corrected chi connectivity index (χ2v) is 6.66. The summed E-state index contributed by atoms with van der Waals surface area (Å²) in [7, 11) is 0. The van der Waals surface area contributed by atoms with Gasteiger partial charge < -0.3 is 10.1 Å². The molecule has 2 aromatic carbocycles. The zero-order valence-corrected chi connectivity index (χ0v) is 16.2. The molecule has 0 saturated heterocycles. The summed E-state index contributed by atoms with van der Waals surface area (Å²) < 4.78 is 5.06. The molecular weight excluding hydrogens is 372 g/mol. The summed E-state index contributed by atoms with van der Waals surface area (Å²) in [6, 6.07) is 9.74. The van der Waals surface area contributed by atoms with Crippen LogP contribution in [0.1, 0.15) is 42.2 Å². The lowest BCUT2D eigenvalue weighted by Gasteiger charge is -2.11. The minimum Gasteiger partial charge on any atom is -0.452 e. The standard InChI is InChI=1S/C22H20N2O5/c1-4-10-24-20(26)16-9-8-15(11-17(16)21(24)27)22(28)29-12-18(25)23-19-13(2)6-5-7-14(19)3/h4-9,11H,1,10,12H2,2-3H3,(H,23,25). The van der Waals surface area contributed by atoms with Gasteiger partial charge in [0, 0.05) is 12.2 Å². The SMILES string of the molecule is C=CCN1C(=O)c2ccc(C(=O)OCC(=O)Nc3c(C)cccc3C)cc2C1=O. The van der Waals surface area contributed by atoms with Gasteiger partial charge in [0.25, 0.3) is 17.7 Å². The van der Waals surface area contributed by atoms with Gasteiger partial charge in [-0.15, -0.1) is 6.58 Å². The van der Waals surface area contributed by atoms with Crippen LogP contribution in [0.25, 0.3) is 0 Å². The molecule has 0 saturated carbocycles. The highest BCUT2D eigenvalue weighted by Crippen LogP contribution is 2.24. The molecule has 1 heterocycles. The van der Waals surface area contributed by atoms with E-state index in [9.17, 15) is 19.2 Å². The number of hydrogen-bond acceptors (Lipinski definition) is 5. The number of benzene rings is 2. The number of imide groups is 1. The average molecular weight is 392 g/mol. The molecule has 0 aromatic heterocycles. The molecule has 0 radical (unpaired) electrons. The third-order valence-corrected chi connectivity index (χ3v) is 4.60. The Hall–Kier alpha value is -3.74. The lowest BCUT2D eigenvalue weighted by Crippen LogP contribution is -2.29. The van der Waals surface area contributed by atoms with E-state index in [1.165, 1.54) is 24.3 Å². The van der Waals surface area contributed by atoms with Crippen molar-refractivity contribution < 1.29 is 23.9 Å². The summed E-state index contributed by atoms with van der Waals surface area (Å²) in [5.41, 5.74) is 2.92. The predicted molar refractivity (Wildman–Crippen MR) is 107 cm³/mol. The number of nitrogens with zero attached hydrogens (tertiary/aromatic N) is 1. The fraction of sp³-hybridized carbons (Fsp3) is 0.182. The predicted octanol–water partition coefficient (Wildman–Crippen LogP) is 2.88. The van der Waals surface area contributed by atoms with Gasteiger partial charge >= 0.3 is 5.97 Å². The number of rotatable bonds is 6. The van der Waals surface area contributed by atoms with Gasteiger partial charge in [-0.05, 0) is 43.2 Å². The number of amides is 3. The van der Waals surface area contributed by atoms with Crippen molar-refractivity contribution in [1.29, 1.82) is 0 Å². The van der Waals surface area contributed by atoms with E-state index in [4.69, 9.17) is 4.74 Å². The summed E-state index contributed by atoms with van der Waals surface area (Å²) in [5.74, 6) is -2.16. The van der Waals surface area contributed by atoms with Gasteiger partial charge in [-0.2, -0.15) is 0 Å². The van der Waals surface area contributed by atoms with Gasteiger partial charge in [0.1, 0.15) is 0 Å². The third kappa shape index (κ3) is 3.94. The van der Waals surface area contributed by atoms with E-state index in [1.807, 2.05) is 32.0 Å². The number of carbonyl (C=O) groups excluding carboxylic acids is 4. The Bertz CT molecular complexity index is 1020. The molecule has 7 nitrogen and oxygen atoms in total. The molecule has 2 aromatic rings. The summed E-state index contributed by atoms with van der Waals surface area (Å²) in [6.45, 7) is 6.88. The first-order valence-corrected chi connectivity index (χ1v) is 8.97. The topological polar surface area (TPSA) is 92.8 Å². The molecule has 1 N–H and O–H groups in total. The summed E-state index contributed by atoms with van der Waals surface area (Å²) >= 11 is 0. The van der Waals surface area contributed by atoms with Crippen LogP contribution in [-0.4, -0.2) is 41.7 Å². The van der Waals surface area contributed by atoms with Gasteiger partial charge in [-0.25, -0.2) is 4.79 Å². The van der Waals surface area contributed by atoms with Gasteiger partial charge in [0.05, 0.1) is 16.7 Å². The Morgan fingerprint density at radius 3 is 2.38 bits per heavy atom. The highest BCUT2D eigenvalue weighted by Gasteiger charge is 2.35. The Kier molecular flexibility index (Phi) is 5.59. The van der Waals surface area contributed by atoms with Gasteiger partial charge in [-0.3, -0.25) is 19.3 Å². The molecule has 0 spiro atoms. The number of esters is 1. The lowest BCUT2D eigenvalue weighted by molar-refractivity contribution is -0.119. The van der Waals surface area contributed by atoms with Crippen LogP contribution in [0.4, 0.5) is 5.69 Å². The zero-order chi connectivity index (χ0) is 21.1. The number of anilines is 1. The maximum Gasteiger partial charge on any atom is 0.338 e. The summed E-state index contributed by atoms with van der Waals surface area (Å²) in [5, 5.41) is 2.73. The molecule has 148 valence electrons. The molecule has 0 atom stereocenters. The molecule has 7 heteroatoms. The van der Waals surface area contributed by atoms with E-state index < -0.39 is 30.3 Å². The molecule has 29 heavy (non-hydrogen) atoms. The highest BCUT2D eigenvalue weighted by molar-refractivity contribution is 6.22. The Labute approximate surface area is 168 Å². The monoisotopic (exact) mass is 392 g/mol. The minimum absolute atomic E-state index is 0.0879. The highest BCUT2D eigenvalue weighted by atomic mass is 16.5. The van der Waals surface area contributed by atoms with Crippen molar-refractivity contribution in [3.8, 4) is 0 Å². The zero-order valence-electron chi connectivity index (χ0n) is 16.2. The van der Waals surface area contributed by atoms with Crippen molar-refractivity contribution in [2.75, 3.05) is 18.5 Å². The van der Waals surface area contributed by atoms with Crippen LogP contribution < -0.4 is 5.32 Å². The van der Waals surface area contributed by atoms with Crippen molar-refractivity contribution in [3.05, 3.63) is 76.9 Å². The van der Waals surface area contributed by atoms with Crippen LogP contribution in [-0.2, 0) is 9.53 Å². The van der Waals surface area contributed by atoms with E-state index in [2.05, 4.69) is 11.9 Å². The molecule has 0 aliphatic carbocycles. The second-order valence-electron chi connectivity index (χ2n) is 6.66. The van der Waals surface area contributed by atoms with Crippen LogP contribution in [0, 0.1) is 13.8 Å². The van der Waals surface area contributed by atoms with Gasteiger partial charge in [-0.1, -0.05) is 24.3 Å². The number of hydrogen-bond donors (Lipinski definition) is 1. The fourth-order valence-electron chi connectivity index (χ4n) is 3.11. The van der Waals surface area contributed by atoms with E-state index in [0.717, 1.165) is 16.0 Å². The van der Waals surface area contributed by atoms with E-state index in [0.29, 0.717) is 5.69 Å². The normalized spacial score (nSPS) is 12.6. The first-order chi connectivity index (χ1) is 13.8. The quantitative estimate of drug-likeness (QED) is 0.464. The molecule has 0 unspecified atom stereocenters. The first-order valence-electron chi connectivity index (χ1n) is 8.97. The number of para-hydroxylation sites is 1. The lowest BCUT2D eigenvalue weighted by atomic mass is 10.1. The first kappa shape index (κ1) is 20.0. The van der Waals surface area contributed by atoms with Crippen LogP contribution in [0.5, 0.6) is 0 Å².